The van der Waals surface area contributed by atoms with Gasteiger partial charge in [0, 0.05) is 10.9 Å². The van der Waals surface area contributed by atoms with Crippen molar-refractivity contribution >= 4 is 17.4 Å². The van der Waals surface area contributed by atoms with Crippen LogP contribution in [0, 0.1) is 11.3 Å². The molecule has 1 spiro atoms. The van der Waals surface area contributed by atoms with Gasteiger partial charge < -0.3 is 9.47 Å². The topological polar surface area (TPSA) is 35.5 Å². The first kappa shape index (κ1) is 14.1. The van der Waals surface area contributed by atoms with Gasteiger partial charge in [0.2, 0.25) is 0 Å². The number of carbonyl (C=O) groups excluding carboxylic acids is 1. The molecule has 1 atom stereocenters. The van der Waals surface area contributed by atoms with Crippen LogP contribution >= 0.6 is 11.6 Å². The van der Waals surface area contributed by atoms with E-state index in [1.54, 1.807) is 0 Å². The van der Waals surface area contributed by atoms with Crippen molar-refractivity contribution in [3.63, 3.8) is 0 Å². The van der Waals surface area contributed by atoms with Gasteiger partial charge in [0.05, 0.1) is 18.6 Å². The standard InChI is InChI=1S/C16H19ClO3/c1-11-19-9-16(10-20-11)7-6-13(15(16)18)8-12-2-4-14(17)5-3-12/h2-5,11,13H,6-10H2,1H3. The van der Waals surface area contributed by atoms with Crippen LogP contribution in [0.2, 0.25) is 5.02 Å². The molecular weight excluding hydrogens is 276 g/mol. The van der Waals surface area contributed by atoms with E-state index in [4.69, 9.17) is 21.1 Å². The molecule has 0 bridgehead atoms. The normalized spacial score (nSPS) is 33.8. The Hall–Kier alpha value is -0.900. The van der Waals surface area contributed by atoms with Crippen molar-refractivity contribution in [2.45, 2.75) is 32.5 Å². The zero-order valence-electron chi connectivity index (χ0n) is 11.6. The van der Waals surface area contributed by atoms with Crippen molar-refractivity contribution in [2.24, 2.45) is 11.3 Å². The molecule has 1 aliphatic carbocycles. The summed E-state index contributed by atoms with van der Waals surface area (Å²) >= 11 is 5.89. The van der Waals surface area contributed by atoms with E-state index in [1.165, 1.54) is 0 Å². The Kier molecular flexibility index (Phi) is 3.85. The Morgan fingerprint density at radius 2 is 1.90 bits per heavy atom. The molecule has 0 aromatic heterocycles. The number of rotatable bonds is 2. The number of benzene rings is 1. The van der Waals surface area contributed by atoms with Crippen LogP contribution in [0.15, 0.2) is 24.3 Å². The lowest BCUT2D eigenvalue weighted by molar-refractivity contribution is -0.216. The van der Waals surface area contributed by atoms with Crippen LogP contribution in [-0.2, 0) is 20.7 Å². The van der Waals surface area contributed by atoms with E-state index in [-0.39, 0.29) is 12.2 Å². The first-order valence-electron chi connectivity index (χ1n) is 7.11. The molecule has 0 amide bonds. The van der Waals surface area contributed by atoms with Crippen molar-refractivity contribution in [2.75, 3.05) is 13.2 Å². The summed E-state index contributed by atoms with van der Waals surface area (Å²) in [5.41, 5.74) is 0.764. The summed E-state index contributed by atoms with van der Waals surface area (Å²) in [5.74, 6) is 0.385. The highest BCUT2D eigenvalue weighted by atomic mass is 35.5. The molecule has 108 valence electrons. The van der Waals surface area contributed by atoms with Crippen molar-refractivity contribution in [1.29, 1.82) is 0 Å². The van der Waals surface area contributed by atoms with Gasteiger partial charge >= 0.3 is 0 Å². The van der Waals surface area contributed by atoms with Gasteiger partial charge in [-0.25, -0.2) is 0 Å². The second-order valence-corrected chi connectivity index (χ2v) is 6.34. The highest BCUT2D eigenvalue weighted by molar-refractivity contribution is 6.30. The number of halogens is 1. The minimum atomic E-state index is -0.399. The van der Waals surface area contributed by atoms with Crippen LogP contribution in [0.5, 0.6) is 0 Å². The lowest BCUT2D eigenvalue weighted by atomic mass is 9.84. The van der Waals surface area contributed by atoms with Crippen molar-refractivity contribution < 1.29 is 14.3 Å². The van der Waals surface area contributed by atoms with Gasteiger partial charge in [-0.05, 0) is 43.9 Å². The van der Waals surface area contributed by atoms with Gasteiger partial charge in [0.25, 0.3) is 0 Å². The first-order valence-corrected chi connectivity index (χ1v) is 7.49. The third-order valence-electron chi connectivity index (χ3n) is 4.45. The van der Waals surface area contributed by atoms with Crippen LogP contribution in [0.3, 0.4) is 0 Å². The Bertz CT molecular complexity index is 489. The largest absolute Gasteiger partial charge is 0.352 e. The fourth-order valence-corrected chi connectivity index (χ4v) is 3.29. The second-order valence-electron chi connectivity index (χ2n) is 5.90. The molecular formula is C16H19ClO3. The maximum atomic E-state index is 12.7. The summed E-state index contributed by atoms with van der Waals surface area (Å²) in [4.78, 5) is 12.7. The molecule has 3 rings (SSSR count). The SMILES string of the molecule is CC1OCC2(CCC(Cc3ccc(Cl)cc3)C2=O)CO1. The molecule has 2 aliphatic rings. The van der Waals surface area contributed by atoms with Gasteiger partial charge in [0.15, 0.2) is 6.29 Å². The molecule has 1 aromatic rings. The number of ether oxygens (including phenoxy) is 2. The molecule has 0 radical (unpaired) electrons. The monoisotopic (exact) mass is 294 g/mol. The van der Waals surface area contributed by atoms with Crippen molar-refractivity contribution in [3.05, 3.63) is 34.9 Å². The first-order chi connectivity index (χ1) is 9.59. The maximum absolute atomic E-state index is 12.7. The Balaban J connectivity index is 1.68. The van der Waals surface area contributed by atoms with E-state index in [9.17, 15) is 4.79 Å². The maximum Gasteiger partial charge on any atom is 0.154 e. The molecule has 20 heavy (non-hydrogen) atoms. The average Bonchev–Trinajstić information content (AvgIpc) is 2.74. The zero-order chi connectivity index (χ0) is 14.2. The van der Waals surface area contributed by atoms with Crippen LogP contribution in [-0.4, -0.2) is 25.3 Å². The Morgan fingerprint density at radius 3 is 2.55 bits per heavy atom. The third-order valence-corrected chi connectivity index (χ3v) is 4.70. The number of hydrogen-bond acceptors (Lipinski definition) is 3. The van der Waals surface area contributed by atoms with E-state index in [2.05, 4.69) is 0 Å². The summed E-state index contributed by atoms with van der Waals surface area (Å²) < 4.78 is 11.1. The third kappa shape index (κ3) is 2.62. The second kappa shape index (κ2) is 5.47. The molecule has 4 heteroatoms. The molecule has 3 nitrogen and oxygen atoms in total. The summed E-state index contributed by atoms with van der Waals surface area (Å²) in [6, 6.07) is 7.74. The molecule has 1 aliphatic heterocycles. The smallest absolute Gasteiger partial charge is 0.154 e. The summed E-state index contributed by atoms with van der Waals surface area (Å²) in [6.07, 6.45) is 2.39. The fraction of sp³-hybridized carbons (Fsp3) is 0.562. The molecule has 1 aromatic carbocycles. The quantitative estimate of drug-likeness (QED) is 0.840. The number of ketones is 1. The highest BCUT2D eigenvalue weighted by Gasteiger charge is 2.50. The van der Waals surface area contributed by atoms with Gasteiger partial charge in [0.1, 0.15) is 5.78 Å². The number of carbonyl (C=O) groups is 1. The fourth-order valence-electron chi connectivity index (χ4n) is 3.17. The van der Waals surface area contributed by atoms with Crippen LogP contribution < -0.4 is 0 Å². The molecule has 1 saturated carbocycles. The predicted molar refractivity (Wildman–Crippen MR) is 76.7 cm³/mol. The Morgan fingerprint density at radius 1 is 1.25 bits per heavy atom. The van der Waals surface area contributed by atoms with E-state index in [0.717, 1.165) is 29.8 Å². The van der Waals surface area contributed by atoms with Crippen LogP contribution in [0.1, 0.15) is 25.3 Å². The summed E-state index contributed by atoms with van der Waals surface area (Å²) in [5, 5.41) is 0.728. The minimum absolute atomic E-state index is 0.0804. The van der Waals surface area contributed by atoms with Crippen molar-refractivity contribution in [1.82, 2.24) is 0 Å². The van der Waals surface area contributed by atoms with E-state index >= 15 is 0 Å². The molecule has 1 unspecified atom stereocenters. The average molecular weight is 295 g/mol. The molecule has 0 N–H and O–H groups in total. The Labute approximate surface area is 124 Å². The minimum Gasteiger partial charge on any atom is -0.352 e. The van der Waals surface area contributed by atoms with Gasteiger partial charge in [-0.15, -0.1) is 0 Å². The number of Topliss-reactive ketones (excluding diaryl/α,β-unsaturated/α-hetero) is 1. The van der Waals surface area contributed by atoms with Crippen LogP contribution in [0.25, 0.3) is 0 Å². The van der Waals surface area contributed by atoms with Gasteiger partial charge in [-0.1, -0.05) is 23.7 Å². The summed E-state index contributed by atoms with van der Waals surface area (Å²) in [6.45, 7) is 2.88. The zero-order valence-corrected chi connectivity index (χ0v) is 12.4. The molecule has 1 saturated heterocycles. The number of hydrogen-bond donors (Lipinski definition) is 0. The lowest BCUT2D eigenvalue weighted by Gasteiger charge is -2.35. The molecule has 1 heterocycles. The lowest BCUT2D eigenvalue weighted by Crippen LogP contribution is -2.44. The van der Waals surface area contributed by atoms with Gasteiger partial charge in [-0.3, -0.25) is 4.79 Å². The van der Waals surface area contributed by atoms with Crippen molar-refractivity contribution in [3.8, 4) is 0 Å². The molecule has 2 fully saturated rings. The van der Waals surface area contributed by atoms with E-state index in [0.29, 0.717) is 19.0 Å². The van der Waals surface area contributed by atoms with Gasteiger partial charge in [-0.2, -0.15) is 0 Å². The highest BCUT2D eigenvalue weighted by Crippen LogP contribution is 2.42. The summed E-state index contributed by atoms with van der Waals surface area (Å²) in [7, 11) is 0. The van der Waals surface area contributed by atoms with Crippen LogP contribution in [0.4, 0.5) is 0 Å². The predicted octanol–water partition coefficient (Wildman–Crippen LogP) is 3.24. The van der Waals surface area contributed by atoms with E-state index < -0.39 is 5.41 Å². The van der Waals surface area contributed by atoms with E-state index in [1.807, 2.05) is 31.2 Å².